The van der Waals surface area contributed by atoms with Gasteiger partial charge >= 0.3 is 6.18 Å². The molecule has 1 aliphatic rings. The van der Waals surface area contributed by atoms with Crippen molar-refractivity contribution >= 4 is 32.7 Å². The molecular formula is C24H25BrF3N7O. The number of nitrogens with zero attached hydrogens (tertiary/aromatic N) is 6. The Morgan fingerprint density at radius 2 is 1.94 bits per heavy atom. The maximum absolute atomic E-state index is 13.2. The van der Waals surface area contributed by atoms with Crippen molar-refractivity contribution in [3.05, 3.63) is 47.0 Å². The Kier molecular flexibility index (Phi) is 6.62. The molecule has 0 aliphatic heterocycles. The number of aromatic nitrogens is 6. The molecule has 190 valence electrons. The second kappa shape index (κ2) is 9.72. The predicted molar refractivity (Wildman–Crippen MR) is 133 cm³/mol. The molecule has 8 nitrogen and oxygen atoms in total. The first-order valence-corrected chi connectivity index (χ1v) is 12.5. The molecule has 0 saturated heterocycles. The van der Waals surface area contributed by atoms with Crippen molar-refractivity contribution in [3.8, 4) is 17.1 Å². The fraction of sp³-hybridized carbons (Fsp3) is 0.417. The number of halogens is 4. The summed E-state index contributed by atoms with van der Waals surface area (Å²) in [6.07, 6.45) is 5.01. The summed E-state index contributed by atoms with van der Waals surface area (Å²) in [7, 11) is 1.87. The Morgan fingerprint density at radius 1 is 1.17 bits per heavy atom. The van der Waals surface area contributed by atoms with Crippen molar-refractivity contribution in [1.29, 1.82) is 0 Å². The van der Waals surface area contributed by atoms with Gasteiger partial charge in [0, 0.05) is 55.2 Å². The van der Waals surface area contributed by atoms with Gasteiger partial charge in [0.25, 0.3) is 0 Å². The van der Waals surface area contributed by atoms with E-state index in [4.69, 9.17) is 9.84 Å². The summed E-state index contributed by atoms with van der Waals surface area (Å²) in [5, 5.41) is 13.5. The zero-order valence-electron chi connectivity index (χ0n) is 19.8. The van der Waals surface area contributed by atoms with E-state index in [-0.39, 0.29) is 22.5 Å². The van der Waals surface area contributed by atoms with Crippen LogP contribution < -0.4 is 10.1 Å². The zero-order chi connectivity index (χ0) is 25.4. The van der Waals surface area contributed by atoms with Gasteiger partial charge in [0.15, 0.2) is 0 Å². The van der Waals surface area contributed by atoms with Gasteiger partial charge in [-0.05, 0) is 54.6 Å². The molecule has 12 heteroatoms. The number of aryl methyl sites for hydroxylation is 2. The summed E-state index contributed by atoms with van der Waals surface area (Å²) in [6, 6.07) is 3.13. The SMILES string of the molecule is CCn1nc(-c2cnn(C)c2)c2cnc(NC3CCC(Oc4nccc(C(F)(F)F)c4Br)CC3)cc21. The first-order valence-electron chi connectivity index (χ1n) is 11.7. The Labute approximate surface area is 214 Å². The maximum Gasteiger partial charge on any atom is 0.417 e. The van der Waals surface area contributed by atoms with Gasteiger partial charge in [0.1, 0.15) is 17.6 Å². The Morgan fingerprint density at radius 3 is 2.61 bits per heavy atom. The van der Waals surface area contributed by atoms with Gasteiger partial charge < -0.3 is 10.1 Å². The lowest BCUT2D eigenvalue weighted by molar-refractivity contribution is -0.138. The number of hydrogen-bond donors (Lipinski definition) is 1. The van der Waals surface area contributed by atoms with Gasteiger partial charge in [-0.15, -0.1) is 0 Å². The number of rotatable bonds is 6. The second-order valence-electron chi connectivity index (χ2n) is 8.86. The van der Waals surface area contributed by atoms with Gasteiger partial charge in [-0.2, -0.15) is 23.4 Å². The van der Waals surface area contributed by atoms with Gasteiger partial charge in [-0.1, -0.05) is 0 Å². The van der Waals surface area contributed by atoms with Crippen LogP contribution in [0.3, 0.4) is 0 Å². The highest BCUT2D eigenvalue weighted by atomic mass is 79.9. The number of alkyl halides is 3. The fourth-order valence-electron chi connectivity index (χ4n) is 4.56. The minimum Gasteiger partial charge on any atom is -0.474 e. The van der Waals surface area contributed by atoms with E-state index >= 15 is 0 Å². The van der Waals surface area contributed by atoms with Crippen molar-refractivity contribution in [1.82, 2.24) is 29.5 Å². The average molecular weight is 564 g/mol. The third-order valence-corrected chi connectivity index (χ3v) is 7.15. The lowest BCUT2D eigenvalue weighted by atomic mass is 9.93. The van der Waals surface area contributed by atoms with Gasteiger partial charge in [0.05, 0.1) is 21.7 Å². The van der Waals surface area contributed by atoms with E-state index in [1.165, 1.54) is 0 Å². The predicted octanol–water partition coefficient (Wildman–Crippen LogP) is 5.83. The van der Waals surface area contributed by atoms with Crippen molar-refractivity contribution in [3.63, 3.8) is 0 Å². The molecule has 4 heterocycles. The molecule has 4 aromatic heterocycles. The van der Waals surface area contributed by atoms with E-state index in [2.05, 4.69) is 36.3 Å². The first kappa shape index (κ1) is 24.5. The molecule has 0 amide bonds. The molecule has 0 bridgehead atoms. The summed E-state index contributed by atoms with van der Waals surface area (Å²) in [4.78, 5) is 8.62. The van der Waals surface area contributed by atoms with Crippen LogP contribution in [0, 0.1) is 0 Å². The van der Waals surface area contributed by atoms with Crippen LogP contribution in [0.15, 0.2) is 41.4 Å². The molecule has 0 radical (unpaired) electrons. The summed E-state index contributed by atoms with van der Waals surface area (Å²) in [5.41, 5.74) is 2.00. The summed E-state index contributed by atoms with van der Waals surface area (Å²) in [5.74, 6) is 0.743. The molecule has 36 heavy (non-hydrogen) atoms. The Bertz CT molecular complexity index is 1380. The number of nitrogens with one attached hydrogen (secondary N) is 1. The Hall–Kier alpha value is -3.15. The molecule has 0 atom stereocenters. The third kappa shape index (κ3) is 4.91. The third-order valence-electron chi connectivity index (χ3n) is 6.38. The van der Waals surface area contributed by atoms with E-state index in [1.807, 2.05) is 37.1 Å². The maximum atomic E-state index is 13.2. The van der Waals surface area contributed by atoms with Crippen LogP contribution in [-0.4, -0.2) is 41.7 Å². The molecular weight excluding hydrogens is 539 g/mol. The van der Waals surface area contributed by atoms with Crippen LogP contribution in [-0.2, 0) is 19.8 Å². The van der Waals surface area contributed by atoms with E-state index in [9.17, 15) is 13.2 Å². The minimum absolute atomic E-state index is 0.0226. The highest BCUT2D eigenvalue weighted by Crippen LogP contribution is 2.39. The lowest BCUT2D eigenvalue weighted by Crippen LogP contribution is -2.31. The van der Waals surface area contributed by atoms with Gasteiger partial charge in [-0.3, -0.25) is 9.36 Å². The van der Waals surface area contributed by atoms with Gasteiger partial charge in [-0.25, -0.2) is 9.97 Å². The summed E-state index contributed by atoms with van der Waals surface area (Å²) < 4.78 is 48.9. The molecule has 1 N–H and O–H groups in total. The van der Waals surface area contributed by atoms with Crippen LogP contribution >= 0.6 is 15.9 Å². The number of hydrogen-bond acceptors (Lipinski definition) is 6. The number of anilines is 1. The largest absolute Gasteiger partial charge is 0.474 e. The number of fused-ring (bicyclic) bond motifs is 1. The minimum atomic E-state index is -4.47. The van der Waals surface area contributed by atoms with Crippen molar-refractivity contribution in [2.45, 2.75) is 57.5 Å². The number of pyridine rings is 2. The quantitative estimate of drug-likeness (QED) is 0.318. The molecule has 1 saturated carbocycles. The highest BCUT2D eigenvalue weighted by molar-refractivity contribution is 9.10. The molecule has 0 unspecified atom stereocenters. The van der Waals surface area contributed by atoms with Crippen LogP contribution in [0.1, 0.15) is 38.2 Å². The number of ether oxygens (including phenoxy) is 1. The second-order valence-corrected chi connectivity index (χ2v) is 9.66. The Balaban J connectivity index is 1.25. The lowest BCUT2D eigenvalue weighted by Gasteiger charge is -2.30. The standard InChI is InChI=1S/C24H25BrF3N7O/c1-3-35-19-10-20(30-12-17(19)22(33-35)14-11-31-34(2)13-14)32-15-4-6-16(7-5-15)36-23-21(25)18(8-9-29-23)24(26,27)28/h8-13,15-16H,3-7H2,1-2H3,(H,30,32). The van der Waals surface area contributed by atoms with E-state index < -0.39 is 11.7 Å². The summed E-state index contributed by atoms with van der Waals surface area (Å²) in [6.45, 7) is 2.77. The van der Waals surface area contributed by atoms with Crippen molar-refractivity contribution in [2.24, 2.45) is 7.05 Å². The molecule has 0 spiro atoms. The van der Waals surface area contributed by atoms with E-state index in [1.54, 1.807) is 10.9 Å². The smallest absolute Gasteiger partial charge is 0.417 e. The first-order chi connectivity index (χ1) is 17.2. The molecule has 4 aromatic rings. The topological polar surface area (TPSA) is 82.7 Å². The monoisotopic (exact) mass is 563 g/mol. The zero-order valence-corrected chi connectivity index (χ0v) is 21.3. The van der Waals surface area contributed by atoms with Crippen molar-refractivity contribution < 1.29 is 17.9 Å². The molecule has 1 fully saturated rings. The fourth-order valence-corrected chi connectivity index (χ4v) is 5.12. The van der Waals surface area contributed by atoms with Crippen LogP contribution in [0.25, 0.3) is 22.2 Å². The molecule has 0 aromatic carbocycles. The molecule has 5 rings (SSSR count). The molecule has 1 aliphatic carbocycles. The summed E-state index contributed by atoms with van der Waals surface area (Å²) >= 11 is 3.01. The van der Waals surface area contributed by atoms with Crippen LogP contribution in [0.2, 0.25) is 0 Å². The normalized spacial score (nSPS) is 18.5. The van der Waals surface area contributed by atoms with Crippen molar-refractivity contribution in [2.75, 3.05) is 5.32 Å². The van der Waals surface area contributed by atoms with Crippen LogP contribution in [0.4, 0.5) is 19.0 Å². The average Bonchev–Trinajstić information content (AvgIpc) is 3.43. The van der Waals surface area contributed by atoms with Gasteiger partial charge in [0.2, 0.25) is 5.88 Å². The van der Waals surface area contributed by atoms with E-state index in [0.29, 0.717) is 12.8 Å². The van der Waals surface area contributed by atoms with Crippen LogP contribution in [0.5, 0.6) is 5.88 Å². The highest BCUT2D eigenvalue weighted by Gasteiger charge is 2.35. The van der Waals surface area contributed by atoms with E-state index in [0.717, 1.165) is 59.6 Å².